The van der Waals surface area contributed by atoms with E-state index in [0.717, 1.165) is 29.7 Å². The van der Waals surface area contributed by atoms with Gasteiger partial charge in [-0.05, 0) is 43.0 Å². The van der Waals surface area contributed by atoms with Crippen LogP contribution in [0, 0.1) is 10.1 Å². The molecule has 0 amide bonds. The van der Waals surface area contributed by atoms with Crippen molar-refractivity contribution >= 4 is 11.4 Å². The van der Waals surface area contributed by atoms with Crippen molar-refractivity contribution in [1.82, 2.24) is 0 Å². The molecule has 22 heavy (non-hydrogen) atoms. The Morgan fingerprint density at radius 1 is 1.14 bits per heavy atom. The van der Waals surface area contributed by atoms with Crippen LogP contribution in [0.2, 0.25) is 0 Å². The van der Waals surface area contributed by atoms with E-state index in [4.69, 9.17) is 4.84 Å². The van der Waals surface area contributed by atoms with Gasteiger partial charge in [0.1, 0.15) is 0 Å². The highest BCUT2D eigenvalue weighted by Crippen LogP contribution is 2.34. The SMILES string of the molecule is CC1(c2ccccc2)CCC(c2ccc([N+](=O)[O-])cc2)=NO1. The van der Waals surface area contributed by atoms with Crippen LogP contribution in [0.25, 0.3) is 0 Å². The summed E-state index contributed by atoms with van der Waals surface area (Å²) >= 11 is 0. The number of benzene rings is 2. The molecule has 5 nitrogen and oxygen atoms in total. The highest BCUT2D eigenvalue weighted by Gasteiger charge is 2.32. The van der Waals surface area contributed by atoms with E-state index < -0.39 is 10.5 Å². The van der Waals surface area contributed by atoms with Crippen LogP contribution < -0.4 is 0 Å². The van der Waals surface area contributed by atoms with Gasteiger partial charge in [-0.15, -0.1) is 0 Å². The molecule has 1 aliphatic heterocycles. The third-order valence-electron chi connectivity index (χ3n) is 3.99. The van der Waals surface area contributed by atoms with Gasteiger partial charge < -0.3 is 4.84 Å². The van der Waals surface area contributed by atoms with Gasteiger partial charge in [-0.3, -0.25) is 10.1 Å². The molecule has 0 bridgehead atoms. The number of hydrogen-bond donors (Lipinski definition) is 0. The lowest BCUT2D eigenvalue weighted by Crippen LogP contribution is -2.29. The van der Waals surface area contributed by atoms with Crippen molar-refractivity contribution in [3.05, 3.63) is 75.8 Å². The van der Waals surface area contributed by atoms with Crippen molar-refractivity contribution in [2.45, 2.75) is 25.4 Å². The molecule has 3 rings (SSSR count). The molecule has 5 heteroatoms. The van der Waals surface area contributed by atoms with Crippen molar-refractivity contribution in [3.8, 4) is 0 Å². The first-order valence-corrected chi connectivity index (χ1v) is 7.14. The molecular formula is C17H16N2O3. The van der Waals surface area contributed by atoms with E-state index in [9.17, 15) is 10.1 Å². The van der Waals surface area contributed by atoms with E-state index in [1.165, 1.54) is 12.1 Å². The van der Waals surface area contributed by atoms with Crippen LogP contribution in [0.3, 0.4) is 0 Å². The maximum absolute atomic E-state index is 10.7. The van der Waals surface area contributed by atoms with E-state index in [1.807, 2.05) is 37.3 Å². The molecule has 2 aromatic carbocycles. The van der Waals surface area contributed by atoms with Crippen LogP contribution in [-0.2, 0) is 10.4 Å². The summed E-state index contributed by atoms with van der Waals surface area (Å²) in [5.74, 6) is 0. The monoisotopic (exact) mass is 296 g/mol. The summed E-state index contributed by atoms with van der Waals surface area (Å²) in [5, 5.41) is 14.9. The molecule has 1 heterocycles. The Balaban J connectivity index is 1.80. The summed E-state index contributed by atoms with van der Waals surface area (Å²) in [4.78, 5) is 16.0. The summed E-state index contributed by atoms with van der Waals surface area (Å²) < 4.78 is 0. The topological polar surface area (TPSA) is 64.7 Å². The van der Waals surface area contributed by atoms with Crippen molar-refractivity contribution in [3.63, 3.8) is 0 Å². The van der Waals surface area contributed by atoms with Crippen LogP contribution >= 0.6 is 0 Å². The number of non-ortho nitro benzene ring substituents is 1. The van der Waals surface area contributed by atoms with Gasteiger partial charge in [-0.2, -0.15) is 0 Å². The van der Waals surface area contributed by atoms with Gasteiger partial charge in [-0.25, -0.2) is 0 Å². The van der Waals surface area contributed by atoms with Gasteiger partial charge in [0.25, 0.3) is 5.69 Å². The number of hydrogen-bond acceptors (Lipinski definition) is 4. The van der Waals surface area contributed by atoms with Crippen LogP contribution in [-0.4, -0.2) is 10.6 Å². The average Bonchev–Trinajstić information content (AvgIpc) is 2.56. The summed E-state index contributed by atoms with van der Waals surface area (Å²) in [5.41, 5.74) is 2.44. The second kappa shape index (κ2) is 5.60. The number of rotatable bonds is 3. The molecule has 0 fully saturated rings. The maximum atomic E-state index is 10.7. The predicted octanol–water partition coefficient (Wildman–Crippen LogP) is 4.02. The van der Waals surface area contributed by atoms with E-state index in [0.29, 0.717) is 0 Å². The zero-order valence-electron chi connectivity index (χ0n) is 12.2. The largest absolute Gasteiger partial charge is 0.384 e. The van der Waals surface area contributed by atoms with Crippen LogP contribution in [0.1, 0.15) is 30.9 Å². The second-order valence-corrected chi connectivity index (χ2v) is 5.53. The van der Waals surface area contributed by atoms with Gasteiger partial charge in [0.05, 0.1) is 10.6 Å². The molecule has 0 saturated heterocycles. The molecule has 0 saturated carbocycles. The van der Waals surface area contributed by atoms with Crippen molar-refractivity contribution < 1.29 is 9.76 Å². The summed E-state index contributed by atoms with van der Waals surface area (Å²) in [7, 11) is 0. The van der Waals surface area contributed by atoms with E-state index in [1.54, 1.807) is 12.1 Å². The highest BCUT2D eigenvalue weighted by molar-refractivity contribution is 6.00. The van der Waals surface area contributed by atoms with Gasteiger partial charge in [0.2, 0.25) is 0 Å². The maximum Gasteiger partial charge on any atom is 0.269 e. The standard InChI is InChI=1S/C17H16N2O3/c1-17(14-5-3-2-4-6-14)12-11-16(18-22-17)13-7-9-15(10-8-13)19(20)21/h2-10H,11-12H2,1H3. The lowest BCUT2D eigenvalue weighted by Gasteiger charge is -2.31. The minimum atomic E-state index is -0.425. The fourth-order valence-electron chi connectivity index (χ4n) is 2.56. The minimum Gasteiger partial charge on any atom is -0.384 e. The first-order valence-electron chi connectivity index (χ1n) is 7.14. The van der Waals surface area contributed by atoms with Crippen molar-refractivity contribution in [1.29, 1.82) is 0 Å². The molecule has 112 valence electrons. The van der Waals surface area contributed by atoms with Gasteiger partial charge in [0, 0.05) is 12.1 Å². The molecule has 0 aliphatic carbocycles. The molecule has 2 aromatic rings. The lowest BCUT2D eigenvalue weighted by molar-refractivity contribution is -0.384. The Labute approximate surface area is 128 Å². The Hall–Kier alpha value is -2.69. The van der Waals surface area contributed by atoms with Crippen LogP contribution in [0.15, 0.2) is 59.8 Å². The molecule has 0 aromatic heterocycles. The lowest BCUT2D eigenvalue weighted by atomic mass is 9.88. The Kier molecular flexibility index (Phi) is 3.63. The van der Waals surface area contributed by atoms with Gasteiger partial charge in [0.15, 0.2) is 5.60 Å². The number of nitro benzene ring substituents is 1. The third kappa shape index (κ3) is 2.70. The first-order chi connectivity index (χ1) is 10.6. The van der Waals surface area contributed by atoms with Gasteiger partial charge >= 0.3 is 0 Å². The molecule has 0 spiro atoms. The van der Waals surface area contributed by atoms with E-state index in [-0.39, 0.29) is 5.69 Å². The second-order valence-electron chi connectivity index (χ2n) is 5.53. The normalized spacial score (nSPS) is 20.9. The average molecular weight is 296 g/mol. The highest BCUT2D eigenvalue weighted by atomic mass is 16.7. The molecule has 1 atom stereocenters. The Morgan fingerprint density at radius 2 is 1.82 bits per heavy atom. The zero-order valence-corrected chi connectivity index (χ0v) is 12.2. The van der Waals surface area contributed by atoms with E-state index in [2.05, 4.69) is 5.16 Å². The van der Waals surface area contributed by atoms with Crippen molar-refractivity contribution in [2.75, 3.05) is 0 Å². The van der Waals surface area contributed by atoms with Gasteiger partial charge in [-0.1, -0.05) is 35.5 Å². The molecule has 0 radical (unpaired) electrons. The molecule has 0 N–H and O–H groups in total. The first kappa shape index (κ1) is 14.3. The Morgan fingerprint density at radius 3 is 2.36 bits per heavy atom. The summed E-state index contributed by atoms with van der Waals surface area (Å²) in [6.07, 6.45) is 1.58. The fraction of sp³-hybridized carbons (Fsp3) is 0.235. The zero-order chi connectivity index (χ0) is 15.6. The predicted molar refractivity (Wildman–Crippen MR) is 83.7 cm³/mol. The summed E-state index contributed by atoms with van der Waals surface area (Å²) in [6.45, 7) is 2.03. The molecule has 1 unspecified atom stereocenters. The third-order valence-corrected chi connectivity index (χ3v) is 3.99. The van der Waals surface area contributed by atoms with Crippen LogP contribution in [0.4, 0.5) is 5.69 Å². The van der Waals surface area contributed by atoms with E-state index >= 15 is 0 Å². The fourth-order valence-corrected chi connectivity index (χ4v) is 2.56. The minimum absolute atomic E-state index is 0.0789. The summed E-state index contributed by atoms with van der Waals surface area (Å²) in [6, 6.07) is 16.4. The molecular weight excluding hydrogens is 280 g/mol. The quantitative estimate of drug-likeness (QED) is 0.634. The molecule has 1 aliphatic rings. The number of nitrogens with zero attached hydrogens (tertiary/aromatic N) is 2. The number of nitro groups is 1. The Bertz CT molecular complexity index is 710. The number of oxime groups is 1. The van der Waals surface area contributed by atoms with Crippen LogP contribution in [0.5, 0.6) is 0 Å². The smallest absolute Gasteiger partial charge is 0.269 e. The van der Waals surface area contributed by atoms with Crippen molar-refractivity contribution in [2.24, 2.45) is 5.16 Å².